The van der Waals surface area contributed by atoms with Crippen LogP contribution >= 0.6 is 0 Å². The van der Waals surface area contributed by atoms with Crippen molar-refractivity contribution in [1.82, 2.24) is 0 Å². The molecule has 110 valence electrons. The standard InChI is InChI=1S/C13H12BFO6/c1-6(16)19-5-20-13(17)11-10(15)3-2-7-8-4-9(8)14(18)21-12(7)11/h2-3,8-9,18H,4-5H2,1H3. The summed E-state index contributed by atoms with van der Waals surface area (Å²) in [5.41, 5.74) is 0.301. The number of hydrogen-bond acceptors (Lipinski definition) is 6. The van der Waals surface area contributed by atoms with Gasteiger partial charge in [-0.2, -0.15) is 0 Å². The molecule has 0 saturated heterocycles. The van der Waals surface area contributed by atoms with E-state index in [4.69, 9.17) is 4.65 Å². The van der Waals surface area contributed by atoms with Crippen molar-refractivity contribution in [3.05, 3.63) is 29.1 Å². The molecule has 1 aliphatic carbocycles. The highest BCUT2D eigenvalue weighted by Gasteiger charge is 2.54. The van der Waals surface area contributed by atoms with Gasteiger partial charge >= 0.3 is 19.1 Å². The number of benzene rings is 1. The third-order valence-electron chi connectivity index (χ3n) is 3.64. The lowest BCUT2D eigenvalue weighted by molar-refractivity contribution is -0.149. The van der Waals surface area contributed by atoms with Gasteiger partial charge in [0.05, 0.1) is 0 Å². The second-order valence-electron chi connectivity index (χ2n) is 5.04. The predicted octanol–water partition coefficient (Wildman–Crippen LogP) is 1.23. The third-order valence-corrected chi connectivity index (χ3v) is 3.64. The van der Waals surface area contributed by atoms with E-state index in [2.05, 4.69) is 9.47 Å². The van der Waals surface area contributed by atoms with Gasteiger partial charge in [-0.15, -0.1) is 0 Å². The van der Waals surface area contributed by atoms with Crippen LogP contribution in [-0.4, -0.2) is 30.9 Å². The molecule has 1 saturated carbocycles. The van der Waals surface area contributed by atoms with Crippen molar-refractivity contribution in [3.8, 4) is 5.75 Å². The molecule has 1 aliphatic heterocycles. The summed E-state index contributed by atoms with van der Waals surface area (Å²) in [7, 11) is -1.05. The van der Waals surface area contributed by atoms with Gasteiger partial charge in [0.2, 0.25) is 6.79 Å². The van der Waals surface area contributed by atoms with Crippen molar-refractivity contribution in [2.24, 2.45) is 0 Å². The van der Waals surface area contributed by atoms with Gasteiger partial charge in [0.15, 0.2) is 0 Å². The van der Waals surface area contributed by atoms with Crippen molar-refractivity contribution in [3.63, 3.8) is 0 Å². The number of halogens is 1. The molecule has 2 atom stereocenters. The first-order chi connectivity index (χ1) is 9.99. The van der Waals surface area contributed by atoms with E-state index in [1.165, 1.54) is 0 Å². The number of hydrogen-bond donors (Lipinski definition) is 1. The first kappa shape index (κ1) is 13.9. The molecule has 2 unspecified atom stereocenters. The topological polar surface area (TPSA) is 82.1 Å². The largest absolute Gasteiger partial charge is 0.535 e. The lowest BCUT2D eigenvalue weighted by Gasteiger charge is -2.21. The second-order valence-corrected chi connectivity index (χ2v) is 5.04. The Labute approximate surface area is 119 Å². The molecular formula is C13H12BFO6. The fourth-order valence-electron chi connectivity index (χ4n) is 2.52. The van der Waals surface area contributed by atoms with Crippen LogP contribution in [0.25, 0.3) is 0 Å². The molecule has 1 heterocycles. The Morgan fingerprint density at radius 3 is 2.95 bits per heavy atom. The summed E-state index contributed by atoms with van der Waals surface area (Å²) in [6.07, 6.45) is 0.738. The van der Waals surface area contributed by atoms with Gasteiger partial charge in [-0.1, -0.05) is 6.07 Å². The second kappa shape index (κ2) is 5.03. The number of rotatable bonds is 3. The molecule has 1 N–H and O–H groups in total. The summed E-state index contributed by atoms with van der Waals surface area (Å²) >= 11 is 0. The van der Waals surface area contributed by atoms with Crippen molar-refractivity contribution < 1.29 is 33.1 Å². The van der Waals surface area contributed by atoms with Crippen LogP contribution in [0, 0.1) is 5.82 Å². The van der Waals surface area contributed by atoms with Crippen molar-refractivity contribution in [1.29, 1.82) is 0 Å². The van der Waals surface area contributed by atoms with Gasteiger partial charge in [-0.05, 0) is 24.0 Å². The van der Waals surface area contributed by atoms with Crippen LogP contribution in [-0.2, 0) is 14.3 Å². The SMILES string of the molecule is CC(=O)OCOC(=O)c1c(F)ccc2c1OB(O)C1CC21. The molecule has 0 spiro atoms. The molecule has 6 nitrogen and oxygen atoms in total. The maximum absolute atomic E-state index is 13.9. The smallest absolute Gasteiger partial charge is 0.526 e. The average molecular weight is 294 g/mol. The Morgan fingerprint density at radius 2 is 2.24 bits per heavy atom. The van der Waals surface area contributed by atoms with E-state index >= 15 is 0 Å². The minimum Gasteiger partial charge on any atom is -0.535 e. The molecule has 8 heteroatoms. The summed E-state index contributed by atoms with van der Waals surface area (Å²) in [5.74, 6) is -2.36. The van der Waals surface area contributed by atoms with Gasteiger partial charge in [0.25, 0.3) is 0 Å². The Hall–Kier alpha value is -2.09. The summed E-state index contributed by atoms with van der Waals surface area (Å²) in [5, 5.41) is 9.75. The van der Waals surface area contributed by atoms with E-state index in [9.17, 15) is 19.0 Å². The zero-order valence-corrected chi connectivity index (χ0v) is 11.2. The maximum Gasteiger partial charge on any atom is 0.526 e. The lowest BCUT2D eigenvalue weighted by atomic mass is 9.77. The molecule has 0 radical (unpaired) electrons. The molecule has 2 aliphatic rings. The summed E-state index contributed by atoms with van der Waals surface area (Å²) in [4.78, 5) is 22.5. The van der Waals surface area contributed by atoms with Crippen LogP contribution in [0.2, 0.25) is 5.82 Å². The van der Waals surface area contributed by atoms with Crippen LogP contribution < -0.4 is 4.65 Å². The zero-order valence-electron chi connectivity index (χ0n) is 11.2. The fraction of sp³-hybridized carbons (Fsp3) is 0.385. The van der Waals surface area contributed by atoms with Gasteiger partial charge in [-0.3, -0.25) is 4.79 Å². The molecule has 0 aromatic heterocycles. The Morgan fingerprint density at radius 1 is 1.48 bits per heavy atom. The van der Waals surface area contributed by atoms with E-state index in [-0.39, 0.29) is 23.0 Å². The van der Waals surface area contributed by atoms with E-state index < -0.39 is 31.7 Å². The van der Waals surface area contributed by atoms with E-state index in [1.54, 1.807) is 6.07 Å². The molecule has 0 amide bonds. The molecule has 1 aromatic rings. The molecule has 0 bridgehead atoms. The first-order valence-corrected chi connectivity index (χ1v) is 6.46. The summed E-state index contributed by atoms with van der Waals surface area (Å²) in [6, 6.07) is 2.71. The minimum atomic E-state index is -1.05. The number of carbonyl (C=O) groups is 2. The summed E-state index contributed by atoms with van der Waals surface area (Å²) in [6.45, 7) is 0.553. The fourth-order valence-corrected chi connectivity index (χ4v) is 2.52. The monoisotopic (exact) mass is 294 g/mol. The number of carbonyl (C=O) groups excluding carboxylic acids is 2. The van der Waals surface area contributed by atoms with Gasteiger partial charge in [0.1, 0.15) is 17.1 Å². The van der Waals surface area contributed by atoms with E-state index in [0.29, 0.717) is 5.56 Å². The Balaban J connectivity index is 1.86. The van der Waals surface area contributed by atoms with Gasteiger partial charge < -0.3 is 19.2 Å². The van der Waals surface area contributed by atoms with Crippen LogP contribution in [0.3, 0.4) is 0 Å². The third kappa shape index (κ3) is 2.46. The highest BCUT2D eigenvalue weighted by molar-refractivity contribution is 6.48. The number of ether oxygens (including phenoxy) is 2. The van der Waals surface area contributed by atoms with Crippen LogP contribution in [0.4, 0.5) is 4.39 Å². The quantitative estimate of drug-likeness (QED) is 0.513. The molecule has 1 aromatic carbocycles. The maximum atomic E-state index is 13.9. The Bertz CT molecular complexity index is 619. The van der Waals surface area contributed by atoms with Crippen LogP contribution in [0.15, 0.2) is 12.1 Å². The highest BCUT2D eigenvalue weighted by atomic mass is 19.1. The Kier molecular flexibility index (Phi) is 3.33. The molecule has 21 heavy (non-hydrogen) atoms. The molecule has 3 rings (SSSR count). The minimum absolute atomic E-state index is 0.00659. The molecular weight excluding hydrogens is 282 g/mol. The summed E-state index contributed by atoms with van der Waals surface area (Å²) < 4.78 is 28.3. The van der Waals surface area contributed by atoms with Crippen molar-refractivity contribution in [2.45, 2.75) is 25.1 Å². The normalized spacial score (nSPS) is 21.8. The van der Waals surface area contributed by atoms with Crippen LogP contribution in [0.5, 0.6) is 5.75 Å². The zero-order chi connectivity index (χ0) is 15.1. The number of fused-ring (bicyclic) bond motifs is 3. The predicted molar refractivity (Wildman–Crippen MR) is 68.2 cm³/mol. The average Bonchev–Trinajstić information content (AvgIpc) is 3.19. The molecule has 1 fully saturated rings. The first-order valence-electron chi connectivity index (χ1n) is 6.46. The number of esters is 2. The van der Waals surface area contributed by atoms with Crippen molar-refractivity contribution >= 4 is 19.1 Å². The van der Waals surface area contributed by atoms with Gasteiger partial charge in [0, 0.05) is 12.7 Å². The van der Waals surface area contributed by atoms with Crippen LogP contribution in [0.1, 0.15) is 35.2 Å². The van der Waals surface area contributed by atoms with Gasteiger partial charge in [-0.25, -0.2) is 9.18 Å². The van der Waals surface area contributed by atoms with E-state index in [0.717, 1.165) is 19.4 Å². The highest BCUT2D eigenvalue weighted by Crippen LogP contribution is 2.60. The van der Waals surface area contributed by atoms with E-state index in [1.807, 2.05) is 0 Å². The lowest BCUT2D eigenvalue weighted by Crippen LogP contribution is -2.28. The van der Waals surface area contributed by atoms with Crippen molar-refractivity contribution in [2.75, 3.05) is 6.79 Å².